The first-order valence-corrected chi connectivity index (χ1v) is 8.45. The first-order chi connectivity index (χ1) is 12.4. The van der Waals surface area contributed by atoms with Gasteiger partial charge < -0.3 is 0 Å². The van der Waals surface area contributed by atoms with Crippen LogP contribution in [0.15, 0.2) is 79.3 Å². The molecule has 0 radical (unpaired) electrons. The predicted molar refractivity (Wildman–Crippen MR) is 96.8 cm³/mol. The van der Waals surface area contributed by atoms with Gasteiger partial charge in [0.15, 0.2) is 5.52 Å². The van der Waals surface area contributed by atoms with Gasteiger partial charge in [-0.25, -0.2) is 4.57 Å². The minimum absolute atomic E-state index is 0.901. The molecule has 2 aromatic carbocycles. The quantitative estimate of drug-likeness (QED) is 0.425. The lowest BCUT2D eigenvalue weighted by atomic mass is 10.1. The van der Waals surface area contributed by atoms with Crippen LogP contribution >= 0.6 is 0 Å². The molecule has 0 atom stereocenters. The maximum Gasteiger partial charge on any atom is 0.375 e. The summed E-state index contributed by atoms with van der Waals surface area (Å²) in [4.78, 5) is 4.36. The lowest BCUT2D eigenvalue weighted by Gasteiger charge is -2.00. The van der Waals surface area contributed by atoms with E-state index in [2.05, 4.69) is 85.4 Å². The Morgan fingerprint density at radius 1 is 0.920 bits per heavy atom. The second-order valence-corrected chi connectivity index (χ2v) is 6.46. The van der Waals surface area contributed by atoms with Crippen LogP contribution in [0.25, 0.3) is 33.8 Å². The number of imidazole rings is 2. The summed E-state index contributed by atoms with van der Waals surface area (Å²) in [5.41, 5.74) is 7.42. The van der Waals surface area contributed by atoms with E-state index in [1.165, 1.54) is 28.1 Å². The Bertz CT molecular complexity index is 1260. The van der Waals surface area contributed by atoms with Gasteiger partial charge in [0, 0.05) is 11.8 Å². The molecule has 0 saturated heterocycles. The summed E-state index contributed by atoms with van der Waals surface area (Å²) in [5, 5.41) is 0. The summed E-state index contributed by atoms with van der Waals surface area (Å²) in [5.74, 6) is 1.17. The van der Waals surface area contributed by atoms with Crippen LogP contribution in [-0.4, -0.2) is 14.1 Å². The predicted octanol–water partition coefficient (Wildman–Crippen LogP) is 3.59. The molecule has 0 spiro atoms. The number of nitrogens with zero attached hydrogens (tertiary/aromatic N) is 4. The smallest absolute Gasteiger partial charge is 0.261 e. The summed E-state index contributed by atoms with van der Waals surface area (Å²) in [6.07, 6.45) is 6.06. The SMILES string of the molecule is c1ccc(-n2c3cnccc3[n+]3cc4n(c23)Cc2ccccc2-4)cc1. The second-order valence-electron chi connectivity index (χ2n) is 6.46. The van der Waals surface area contributed by atoms with Crippen LogP contribution in [0.5, 0.6) is 0 Å². The van der Waals surface area contributed by atoms with Gasteiger partial charge in [-0.1, -0.05) is 42.5 Å². The zero-order valence-corrected chi connectivity index (χ0v) is 13.5. The fourth-order valence-electron chi connectivity index (χ4n) is 4.04. The van der Waals surface area contributed by atoms with Crippen molar-refractivity contribution in [1.82, 2.24) is 14.1 Å². The Morgan fingerprint density at radius 2 is 1.76 bits per heavy atom. The number of hydrogen-bond donors (Lipinski definition) is 0. The Morgan fingerprint density at radius 3 is 2.68 bits per heavy atom. The molecule has 1 aliphatic heterocycles. The highest BCUT2D eigenvalue weighted by atomic mass is 15.3. The van der Waals surface area contributed by atoms with Crippen molar-refractivity contribution in [2.75, 3.05) is 0 Å². The van der Waals surface area contributed by atoms with Crippen LogP contribution in [0.2, 0.25) is 0 Å². The Labute approximate surface area is 144 Å². The van der Waals surface area contributed by atoms with Crippen molar-refractivity contribution in [2.45, 2.75) is 6.54 Å². The lowest BCUT2D eigenvalue weighted by molar-refractivity contribution is -0.480. The highest BCUT2D eigenvalue weighted by Crippen LogP contribution is 2.34. The number of pyridine rings is 1. The summed E-state index contributed by atoms with van der Waals surface area (Å²) < 4.78 is 6.99. The van der Waals surface area contributed by atoms with Crippen LogP contribution < -0.4 is 4.40 Å². The molecule has 118 valence electrons. The summed E-state index contributed by atoms with van der Waals surface area (Å²) in [6, 6.07) is 21.3. The monoisotopic (exact) mass is 323 g/mol. The van der Waals surface area contributed by atoms with Crippen LogP contribution in [0.3, 0.4) is 0 Å². The first-order valence-electron chi connectivity index (χ1n) is 8.45. The molecule has 0 aliphatic carbocycles. The number of rotatable bonds is 1. The summed E-state index contributed by atoms with van der Waals surface area (Å²) in [7, 11) is 0. The van der Waals surface area contributed by atoms with E-state index in [9.17, 15) is 0 Å². The number of para-hydroxylation sites is 1. The molecule has 25 heavy (non-hydrogen) atoms. The average molecular weight is 323 g/mol. The van der Waals surface area contributed by atoms with E-state index in [4.69, 9.17) is 0 Å². The molecular weight excluding hydrogens is 308 g/mol. The average Bonchev–Trinajstić information content (AvgIpc) is 3.30. The fourth-order valence-corrected chi connectivity index (χ4v) is 4.04. The van der Waals surface area contributed by atoms with Gasteiger partial charge in [-0.15, -0.1) is 0 Å². The maximum absolute atomic E-state index is 4.36. The largest absolute Gasteiger partial charge is 0.375 e. The molecule has 6 rings (SSSR count). The van der Waals surface area contributed by atoms with Crippen LogP contribution in [0.1, 0.15) is 5.56 Å². The van der Waals surface area contributed by atoms with E-state index in [1.807, 2.05) is 12.4 Å². The molecule has 4 heterocycles. The molecule has 3 aromatic heterocycles. The van der Waals surface area contributed by atoms with Crippen LogP contribution in [0, 0.1) is 0 Å². The summed E-state index contributed by atoms with van der Waals surface area (Å²) >= 11 is 0. The van der Waals surface area contributed by atoms with Gasteiger partial charge in [0.1, 0.15) is 23.1 Å². The van der Waals surface area contributed by atoms with Crippen LogP contribution in [-0.2, 0) is 6.54 Å². The summed E-state index contributed by atoms with van der Waals surface area (Å²) in [6.45, 7) is 0.901. The molecule has 0 amide bonds. The van der Waals surface area contributed by atoms with Gasteiger partial charge in [0.2, 0.25) is 0 Å². The minimum atomic E-state index is 0.901. The third-order valence-electron chi connectivity index (χ3n) is 5.11. The lowest BCUT2D eigenvalue weighted by Crippen LogP contribution is -2.18. The number of hydrogen-bond acceptors (Lipinski definition) is 1. The number of benzene rings is 2. The van der Waals surface area contributed by atoms with Crippen molar-refractivity contribution < 1.29 is 4.40 Å². The molecule has 4 nitrogen and oxygen atoms in total. The van der Waals surface area contributed by atoms with E-state index in [0.717, 1.165) is 17.7 Å². The molecule has 0 fully saturated rings. The van der Waals surface area contributed by atoms with Gasteiger partial charge in [-0.3, -0.25) is 4.98 Å². The van der Waals surface area contributed by atoms with Crippen molar-refractivity contribution in [1.29, 1.82) is 0 Å². The molecular formula is C21H15N4+. The third-order valence-corrected chi connectivity index (χ3v) is 5.11. The minimum Gasteiger partial charge on any atom is -0.261 e. The molecule has 0 N–H and O–H groups in total. The van der Waals surface area contributed by atoms with Crippen molar-refractivity contribution in [3.63, 3.8) is 0 Å². The van der Waals surface area contributed by atoms with E-state index < -0.39 is 0 Å². The Balaban J connectivity index is 1.79. The second kappa shape index (κ2) is 4.57. The molecule has 0 bridgehead atoms. The van der Waals surface area contributed by atoms with Crippen molar-refractivity contribution in [2.24, 2.45) is 0 Å². The van der Waals surface area contributed by atoms with Gasteiger partial charge >= 0.3 is 5.78 Å². The molecule has 0 unspecified atom stereocenters. The van der Waals surface area contributed by atoms with Gasteiger partial charge in [-0.2, -0.15) is 8.97 Å². The molecule has 4 heteroatoms. The highest BCUT2D eigenvalue weighted by Gasteiger charge is 2.32. The van der Waals surface area contributed by atoms with Crippen molar-refractivity contribution in [3.05, 3.63) is 84.8 Å². The third kappa shape index (κ3) is 1.61. The van der Waals surface area contributed by atoms with E-state index in [1.54, 1.807) is 0 Å². The molecule has 1 aliphatic rings. The van der Waals surface area contributed by atoms with Gasteiger partial charge in [0.25, 0.3) is 0 Å². The standard InChI is InChI=1S/C21H15N4/c1-2-7-16(8-3-1)25-19-12-22-11-10-18(19)24-14-20-17-9-5-4-6-15(17)13-23(20)21(24)25/h1-12,14H,13H2/q+1. The fraction of sp³-hybridized carbons (Fsp3) is 0.0476. The zero-order chi connectivity index (χ0) is 16.4. The van der Waals surface area contributed by atoms with E-state index in [-0.39, 0.29) is 0 Å². The van der Waals surface area contributed by atoms with E-state index in [0.29, 0.717) is 0 Å². The Hall–Kier alpha value is -3.40. The van der Waals surface area contributed by atoms with Gasteiger partial charge in [-0.05, 0) is 23.8 Å². The molecule has 5 aromatic rings. The van der Waals surface area contributed by atoms with Crippen LogP contribution in [0.4, 0.5) is 0 Å². The first kappa shape index (κ1) is 13.0. The zero-order valence-electron chi connectivity index (χ0n) is 13.5. The number of aromatic nitrogens is 4. The van der Waals surface area contributed by atoms with E-state index >= 15 is 0 Å². The van der Waals surface area contributed by atoms with Gasteiger partial charge in [0.05, 0.1) is 12.7 Å². The topological polar surface area (TPSA) is 26.9 Å². The van der Waals surface area contributed by atoms with Crippen molar-refractivity contribution in [3.8, 4) is 16.9 Å². The van der Waals surface area contributed by atoms with Crippen molar-refractivity contribution >= 4 is 16.8 Å². The Kier molecular flexibility index (Phi) is 2.37. The highest BCUT2D eigenvalue weighted by molar-refractivity contribution is 5.79. The maximum atomic E-state index is 4.36. The molecule has 0 saturated carbocycles. The number of fused-ring (bicyclic) bond motifs is 7. The normalized spacial score (nSPS) is 12.6.